The van der Waals surface area contributed by atoms with Gasteiger partial charge in [0.1, 0.15) is 18.0 Å². The van der Waals surface area contributed by atoms with Crippen molar-refractivity contribution in [3.63, 3.8) is 0 Å². The van der Waals surface area contributed by atoms with Crippen LogP contribution in [-0.2, 0) is 21.3 Å². The van der Waals surface area contributed by atoms with Crippen molar-refractivity contribution in [1.82, 2.24) is 14.7 Å². The molecule has 1 aliphatic heterocycles. The van der Waals surface area contributed by atoms with E-state index in [-0.39, 0.29) is 43.7 Å². The molecule has 1 atom stereocenters. The Morgan fingerprint density at radius 3 is 2.43 bits per heavy atom. The van der Waals surface area contributed by atoms with Gasteiger partial charge in [-0.25, -0.2) is 9.59 Å². The Morgan fingerprint density at radius 1 is 1.11 bits per heavy atom. The van der Waals surface area contributed by atoms with Crippen LogP contribution < -0.4 is 5.32 Å². The largest absolute Gasteiger partial charge is 0.480 e. The van der Waals surface area contributed by atoms with Crippen LogP contribution in [0.1, 0.15) is 27.4 Å². The topological polar surface area (TPSA) is 123 Å². The van der Waals surface area contributed by atoms with Crippen LogP contribution in [0.4, 0.5) is 10.6 Å². The molecule has 10 nitrogen and oxygen atoms in total. The number of aliphatic carboxylic acids is 1. The molecule has 5 rings (SSSR count). The van der Waals surface area contributed by atoms with Gasteiger partial charge in [-0.05, 0) is 22.3 Å². The highest BCUT2D eigenvalue weighted by Crippen LogP contribution is 2.44. The standard InChI is InChI=1S/C25H24N4O6/c1-28-22(19(12-26-28)23(30)29-10-11-34-14-21(29)24(31)32)27-25(33)35-13-20-17-8-4-2-6-15(17)16-7-3-5-9-18(16)20/h2-9,12,20-21H,10-11,13-14H2,1H3,(H,27,33)(H,31,32). The Balaban J connectivity index is 1.31. The van der Waals surface area contributed by atoms with Gasteiger partial charge in [0.2, 0.25) is 0 Å². The zero-order chi connectivity index (χ0) is 24.5. The SMILES string of the molecule is Cn1ncc(C(=O)N2CCOCC2C(=O)O)c1NC(=O)OCC1c2ccccc2-c2ccccc21. The average Bonchev–Trinajstić information content (AvgIpc) is 3.40. The van der Waals surface area contributed by atoms with Crippen molar-refractivity contribution >= 4 is 23.8 Å². The molecule has 35 heavy (non-hydrogen) atoms. The van der Waals surface area contributed by atoms with Crippen molar-refractivity contribution in [2.24, 2.45) is 7.05 Å². The number of carbonyl (C=O) groups excluding carboxylic acids is 2. The molecule has 1 aliphatic carbocycles. The zero-order valence-corrected chi connectivity index (χ0v) is 19.0. The van der Waals surface area contributed by atoms with Crippen LogP contribution in [-0.4, -0.2) is 70.2 Å². The number of ether oxygens (including phenoxy) is 2. The summed E-state index contributed by atoms with van der Waals surface area (Å²) >= 11 is 0. The van der Waals surface area contributed by atoms with Crippen molar-refractivity contribution in [2.75, 3.05) is 31.7 Å². The number of amides is 2. The summed E-state index contributed by atoms with van der Waals surface area (Å²) in [6.45, 7) is 0.363. The summed E-state index contributed by atoms with van der Waals surface area (Å²) in [5.74, 6) is -1.69. The number of nitrogens with one attached hydrogen (secondary N) is 1. The Bertz CT molecular complexity index is 1260. The third-order valence-corrected chi connectivity index (χ3v) is 6.41. The van der Waals surface area contributed by atoms with Crippen LogP contribution in [0, 0.1) is 0 Å². The second-order valence-electron chi connectivity index (χ2n) is 8.41. The van der Waals surface area contributed by atoms with Crippen LogP contribution in [0.3, 0.4) is 0 Å². The Hall–Kier alpha value is -4.18. The van der Waals surface area contributed by atoms with Gasteiger partial charge in [0, 0.05) is 19.5 Å². The minimum atomic E-state index is -1.16. The number of anilines is 1. The molecule has 1 aromatic heterocycles. The second-order valence-corrected chi connectivity index (χ2v) is 8.41. The highest BCUT2D eigenvalue weighted by Gasteiger charge is 2.35. The maximum atomic E-state index is 13.1. The first-order valence-electron chi connectivity index (χ1n) is 11.2. The molecular formula is C25H24N4O6. The lowest BCUT2D eigenvalue weighted by atomic mass is 9.98. The molecule has 1 fully saturated rings. The van der Waals surface area contributed by atoms with Gasteiger partial charge in [-0.3, -0.25) is 14.8 Å². The smallest absolute Gasteiger partial charge is 0.412 e. The Kier molecular flexibility index (Phi) is 5.96. The average molecular weight is 476 g/mol. The van der Waals surface area contributed by atoms with Crippen LogP contribution >= 0.6 is 0 Å². The normalized spacial score (nSPS) is 16.9. The maximum absolute atomic E-state index is 13.1. The van der Waals surface area contributed by atoms with Gasteiger partial charge in [-0.1, -0.05) is 48.5 Å². The molecule has 0 bridgehead atoms. The summed E-state index contributed by atoms with van der Waals surface area (Å²) in [7, 11) is 1.57. The first-order chi connectivity index (χ1) is 17.0. The summed E-state index contributed by atoms with van der Waals surface area (Å²) in [4.78, 5) is 38.7. The number of hydrogen-bond acceptors (Lipinski definition) is 6. The first-order valence-corrected chi connectivity index (χ1v) is 11.2. The van der Waals surface area contributed by atoms with Gasteiger partial charge in [0.25, 0.3) is 5.91 Å². The molecule has 1 unspecified atom stereocenters. The van der Waals surface area contributed by atoms with Crippen molar-refractivity contribution in [3.05, 3.63) is 71.4 Å². The van der Waals surface area contributed by atoms with Crippen molar-refractivity contribution in [2.45, 2.75) is 12.0 Å². The molecule has 0 spiro atoms. The molecule has 3 aromatic rings. The highest BCUT2D eigenvalue weighted by atomic mass is 16.5. The molecule has 1 saturated heterocycles. The Labute approximate surface area is 201 Å². The van der Waals surface area contributed by atoms with E-state index in [0.29, 0.717) is 0 Å². The van der Waals surface area contributed by atoms with Crippen molar-refractivity contribution in [3.8, 4) is 11.1 Å². The van der Waals surface area contributed by atoms with E-state index in [1.165, 1.54) is 15.8 Å². The van der Waals surface area contributed by atoms with Crippen molar-refractivity contribution in [1.29, 1.82) is 0 Å². The van der Waals surface area contributed by atoms with E-state index >= 15 is 0 Å². The lowest BCUT2D eigenvalue weighted by molar-refractivity contribution is -0.147. The van der Waals surface area contributed by atoms with Gasteiger partial charge >= 0.3 is 12.1 Å². The number of aromatic nitrogens is 2. The van der Waals surface area contributed by atoms with Gasteiger partial charge < -0.3 is 19.5 Å². The zero-order valence-electron chi connectivity index (χ0n) is 19.0. The number of carboxylic acids is 1. The number of hydrogen-bond donors (Lipinski definition) is 2. The summed E-state index contributed by atoms with van der Waals surface area (Å²) < 4.78 is 12.1. The number of nitrogens with zero attached hydrogens (tertiary/aromatic N) is 3. The van der Waals surface area contributed by atoms with Crippen LogP contribution in [0.15, 0.2) is 54.7 Å². The number of fused-ring (bicyclic) bond motifs is 3. The van der Waals surface area contributed by atoms with E-state index < -0.39 is 24.0 Å². The number of benzene rings is 2. The third kappa shape index (κ3) is 4.12. The Morgan fingerprint density at radius 2 is 1.77 bits per heavy atom. The predicted molar refractivity (Wildman–Crippen MR) is 125 cm³/mol. The van der Waals surface area contributed by atoms with E-state index in [4.69, 9.17) is 9.47 Å². The van der Waals surface area contributed by atoms with E-state index in [0.717, 1.165) is 22.3 Å². The van der Waals surface area contributed by atoms with Gasteiger partial charge in [-0.15, -0.1) is 0 Å². The highest BCUT2D eigenvalue weighted by molar-refractivity contribution is 6.03. The summed E-state index contributed by atoms with van der Waals surface area (Å²) in [5, 5.41) is 16.1. The molecule has 2 aromatic carbocycles. The molecule has 10 heteroatoms. The predicted octanol–water partition coefficient (Wildman–Crippen LogP) is 2.71. The van der Waals surface area contributed by atoms with Gasteiger partial charge in [0.05, 0.1) is 19.4 Å². The number of rotatable bonds is 5. The molecule has 2 aliphatic rings. The van der Waals surface area contributed by atoms with E-state index in [1.54, 1.807) is 7.05 Å². The third-order valence-electron chi connectivity index (χ3n) is 6.41. The van der Waals surface area contributed by atoms with E-state index in [1.807, 2.05) is 36.4 Å². The quantitative estimate of drug-likeness (QED) is 0.580. The first kappa shape index (κ1) is 22.6. The van der Waals surface area contributed by atoms with E-state index in [9.17, 15) is 19.5 Å². The lowest BCUT2D eigenvalue weighted by Gasteiger charge is -2.32. The summed E-state index contributed by atoms with van der Waals surface area (Å²) in [6, 6.07) is 14.9. The van der Waals surface area contributed by atoms with Crippen molar-refractivity contribution < 1.29 is 29.0 Å². The molecule has 180 valence electrons. The monoisotopic (exact) mass is 476 g/mol. The fourth-order valence-electron chi connectivity index (χ4n) is 4.68. The number of morpholine rings is 1. The number of aryl methyl sites for hydroxylation is 1. The maximum Gasteiger partial charge on any atom is 0.412 e. The minimum absolute atomic E-state index is 0.0779. The lowest BCUT2D eigenvalue weighted by Crippen LogP contribution is -2.52. The summed E-state index contributed by atoms with van der Waals surface area (Å²) in [5.41, 5.74) is 4.49. The van der Waals surface area contributed by atoms with Crippen LogP contribution in [0.2, 0.25) is 0 Å². The molecule has 0 radical (unpaired) electrons. The molecule has 2 heterocycles. The molecule has 2 N–H and O–H groups in total. The van der Waals surface area contributed by atoms with Gasteiger partial charge in [-0.2, -0.15) is 5.10 Å². The fraction of sp³-hybridized carbons (Fsp3) is 0.280. The summed E-state index contributed by atoms with van der Waals surface area (Å²) in [6.07, 6.45) is 0.566. The second kappa shape index (κ2) is 9.22. The van der Waals surface area contributed by atoms with Crippen LogP contribution in [0.25, 0.3) is 11.1 Å². The van der Waals surface area contributed by atoms with Gasteiger partial charge in [0.15, 0.2) is 6.04 Å². The number of carboxylic acid groups (broad SMARTS) is 1. The molecular weight excluding hydrogens is 452 g/mol. The molecule has 2 amide bonds. The van der Waals surface area contributed by atoms with E-state index in [2.05, 4.69) is 22.5 Å². The molecule has 0 saturated carbocycles. The fourth-order valence-corrected chi connectivity index (χ4v) is 4.68. The van der Waals surface area contributed by atoms with Crippen LogP contribution in [0.5, 0.6) is 0 Å². The number of carbonyl (C=O) groups is 3. The minimum Gasteiger partial charge on any atom is -0.480 e.